The van der Waals surface area contributed by atoms with Crippen LogP contribution in [0.2, 0.25) is 0 Å². The van der Waals surface area contributed by atoms with Gasteiger partial charge >= 0.3 is 5.97 Å². The molecule has 1 aromatic rings. The normalized spacial score (nSPS) is 12.2. The molecule has 0 fully saturated rings. The molecule has 0 aromatic heterocycles. The predicted molar refractivity (Wildman–Crippen MR) is 67.9 cm³/mol. The first-order chi connectivity index (χ1) is 7.54. The monoisotopic (exact) mass is 286 g/mol. The SMILES string of the molecule is CNC(CNc1ccc(C)c(Br)c1)C(=O)O. The van der Waals surface area contributed by atoms with Crippen molar-refractivity contribution in [2.24, 2.45) is 0 Å². The highest BCUT2D eigenvalue weighted by molar-refractivity contribution is 9.10. The standard InChI is InChI=1S/C11H15BrN2O2/c1-7-3-4-8(5-9(7)12)14-6-10(13-2)11(15)16/h3-5,10,13-14H,6H2,1-2H3,(H,15,16). The lowest BCUT2D eigenvalue weighted by Crippen LogP contribution is -2.39. The molecule has 4 nitrogen and oxygen atoms in total. The van der Waals surface area contributed by atoms with Gasteiger partial charge in [0.2, 0.25) is 0 Å². The lowest BCUT2D eigenvalue weighted by Gasteiger charge is -2.13. The molecule has 0 heterocycles. The van der Waals surface area contributed by atoms with Crippen LogP contribution in [0.15, 0.2) is 22.7 Å². The van der Waals surface area contributed by atoms with Crippen molar-refractivity contribution in [1.82, 2.24) is 5.32 Å². The molecule has 0 aliphatic rings. The highest BCUT2D eigenvalue weighted by atomic mass is 79.9. The molecular formula is C11H15BrN2O2. The number of aliphatic carboxylic acids is 1. The smallest absolute Gasteiger partial charge is 0.322 e. The molecule has 0 aliphatic heterocycles. The van der Waals surface area contributed by atoms with E-state index in [1.807, 2.05) is 25.1 Å². The Morgan fingerprint density at radius 1 is 1.56 bits per heavy atom. The number of anilines is 1. The van der Waals surface area contributed by atoms with E-state index in [9.17, 15) is 4.79 Å². The summed E-state index contributed by atoms with van der Waals surface area (Å²) in [6.07, 6.45) is 0. The predicted octanol–water partition coefficient (Wildman–Crippen LogP) is 1.84. The first-order valence-corrected chi connectivity index (χ1v) is 5.74. The molecule has 0 aliphatic carbocycles. The number of carboxylic acid groups (broad SMARTS) is 1. The molecule has 16 heavy (non-hydrogen) atoms. The molecular weight excluding hydrogens is 272 g/mol. The fraction of sp³-hybridized carbons (Fsp3) is 0.364. The summed E-state index contributed by atoms with van der Waals surface area (Å²) in [5.74, 6) is -0.860. The minimum absolute atomic E-state index is 0.349. The summed E-state index contributed by atoms with van der Waals surface area (Å²) in [5.41, 5.74) is 2.05. The molecule has 3 N–H and O–H groups in total. The fourth-order valence-electron chi connectivity index (χ4n) is 1.24. The zero-order valence-corrected chi connectivity index (χ0v) is 10.8. The van der Waals surface area contributed by atoms with E-state index in [1.165, 1.54) is 0 Å². The quantitative estimate of drug-likeness (QED) is 0.773. The molecule has 5 heteroatoms. The largest absolute Gasteiger partial charge is 0.480 e. The van der Waals surface area contributed by atoms with Gasteiger partial charge < -0.3 is 15.7 Å². The Balaban J connectivity index is 2.60. The highest BCUT2D eigenvalue weighted by Crippen LogP contribution is 2.20. The Labute approximate surface area is 103 Å². The van der Waals surface area contributed by atoms with Crippen molar-refractivity contribution in [3.8, 4) is 0 Å². The molecule has 0 saturated carbocycles. The van der Waals surface area contributed by atoms with Gasteiger partial charge in [0.1, 0.15) is 6.04 Å². The topological polar surface area (TPSA) is 61.4 Å². The van der Waals surface area contributed by atoms with E-state index >= 15 is 0 Å². The van der Waals surface area contributed by atoms with E-state index in [-0.39, 0.29) is 0 Å². The maximum atomic E-state index is 10.8. The van der Waals surface area contributed by atoms with Gasteiger partial charge in [0.05, 0.1) is 0 Å². The maximum Gasteiger partial charge on any atom is 0.322 e. The van der Waals surface area contributed by atoms with Crippen LogP contribution in [0.3, 0.4) is 0 Å². The van der Waals surface area contributed by atoms with Crippen LogP contribution in [0.5, 0.6) is 0 Å². The molecule has 1 aromatic carbocycles. The van der Waals surface area contributed by atoms with Crippen LogP contribution in [-0.2, 0) is 4.79 Å². The van der Waals surface area contributed by atoms with E-state index in [2.05, 4.69) is 26.6 Å². The molecule has 0 radical (unpaired) electrons. The van der Waals surface area contributed by atoms with Gasteiger partial charge in [0.25, 0.3) is 0 Å². The van der Waals surface area contributed by atoms with Crippen LogP contribution < -0.4 is 10.6 Å². The van der Waals surface area contributed by atoms with Gasteiger partial charge in [-0.25, -0.2) is 0 Å². The highest BCUT2D eigenvalue weighted by Gasteiger charge is 2.13. The van der Waals surface area contributed by atoms with Crippen LogP contribution in [0.1, 0.15) is 5.56 Å². The lowest BCUT2D eigenvalue weighted by molar-refractivity contribution is -0.138. The minimum Gasteiger partial charge on any atom is -0.480 e. The number of halogens is 1. The van der Waals surface area contributed by atoms with Gasteiger partial charge in [-0.1, -0.05) is 22.0 Å². The van der Waals surface area contributed by atoms with Crippen molar-refractivity contribution in [2.75, 3.05) is 18.9 Å². The Morgan fingerprint density at radius 2 is 2.25 bits per heavy atom. The first kappa shape index (κ1) is 13.0. The fourth-order valence-corrected chi connectivity index (χ4v) is 1.61. The van der Waals surface area contributed by atoms with E-state index < -0.39 is 12.0 Å². The molecule has 0 saturated heterocycles. The van der Waals surface area contributed by atoms with Crippen molar-refractivity contribution in [1.29, 1.82) is 0 Å². The van der Waals surface area contributed by atoms with Crippen molar-refractivity contribution in [3.05, 3.63) is 28.2 Å². The summed E-state index contributed by atoms with van der Waals surface area (Å²) in [4.78, 5) is 10.8. The number of carboxylic acids is 1. The van der Waals surface area contributed by atoms with Gasteiger partial charge in [0, 0.05) is 16.7 Å². The summed E-state index contributed by atoms with van der Waals surface area (Å²) in [5, 5.41) is 14.6. The molecule has 0 spiro atoms. The average Bonchev–Trinajstić information content (AvgIpc) is 2.23. The minimum atomic E-state index is -0.860. The second-order valence-electron chi connectivity index (χ2n) is 3.52. The number of hydrogen-bond donors (Lipinski definition) is 3. The Hall–Kier alpha value is -1.07. The average molecular weight is 287 g/mol. The van der Waals surface area contributed by atoms with Crippen molar-refractivity contribution >= 4 is 27.6 Å². The summed E-state index contributed by atoms with van der Waals surface area (Å²) in [6.45, 7) is 2.35. The Kier molecular flexibility index (Phi) is 4.76. The molecule has 0 bridgehead atoms. The second kappa shape index (κ2) is 5.86. The number of carbonyl (C=O) groups is 1. The Bertz CT molecular complexity index is 382. The lowest BCUT2D eigenvalue weighted by atomic mass is 10.2. The van der Waals surface area contributed by atoms with Crippen LogP contribution >= 0.6 is 15.9 Å². The summed E-state index contributed by atoms with van der Waals surface area (Å²) < 4.78 is 1.01. The van der Waals surface area contributed by atoms with Crippen molar-refractivity contribution in [3.63, 3.8) is 0 Å². The third-order valence-electron chi connectivity index (χ3n) is 2.33. The number of aryl methyl sites for hydroxylation is 1. The van der Waals surface area contributed by atoms with Crippen molar-refractivity contribution < 1.29 is 9.90 Å². The van der Waals surface area contributed by atoms with Gasteiger partial charge in [0.15, 0.2) is 0 Å². The van der Waals surface area contributed by atoms with E-state index in [1.54, 1.807) is 7.05 Å². The van der Waals surface area contributed by atoms with Gasteiger partial charge in [-0.05, 0) is 31.7 Å². The molecule has 88 valence electrons. The first-order valence-electron chi connectivity index (χ1n) is 4.94. The van der Waals surface area contributed by atoms with Crippen LogP contribution in [0.4, 0.5) is 5.69 Å². The zero-order valence-electron chi connectivity index (χ0n) is 9.25. The third-order valence-corrected chi connectivity index (χ3v) is 3.18. The molecule has 1 atom stereocenters. The van der Waals surface area contributed by atoms with Crippen LogP contribution in [0, 0.1) is 6.92 Å². The number of rotatable bonds is 5. The number of hydrogen-bond acceptors (Lipinski definition) is 3. The molecule has 1 unspecified atom stereocenters. The third kappa shape index (κ3) is 3.50. The van der Waals surface area contributed by atoms with E-state index in [0.717, 1.165) is 15.7 Å². The van der Waals surface area contributed by atoms with Gasteiger partial charge in [-0.15, -0.1) is 0 Å². The Morgan fingerprint density at radius 3 is 2.75 bits per heavy atom. The summed E-state index contributed by atoms with van der Waals surface area (Å²) in [6, 6.07) is 5.25. The van der Waals surface area contributed by atoms with Gasteiger partial charge in [-0.2, -0.15) is 0 Å². The molecule has 1 rings (SSSR count). The second-order valence-corrected chi connectivity index (χ2v) is 4.38. The van der Waals surface area contributed by atoms with E-state index in [4.69, 9.17) is 5.11 Å². The van der Waals surface area contributed by atoms with Gasteiger partial charge in [-0.3, -0.25) is 4.79 Å². The van der Waals surface area contributed by atoms with Crippen LogP contribution in [-0.4, -0.2) is 30.7 Å². The van der Waals surface area contributed by atoms with Crippen LogP contribution in [0.25, 0.3) is 0 Å². The summed E-state index contributed by atoms with van der Waals surface area (Å²) in [7, 11) is 1.63. The number of benzene rings is 1. The maximum absolute atomic E-state index is 10.8. The van der Waals surface area contributed by atoms with E-state index in [0.29, 0.717) is 6.54 Å². The van der Waals surface area contributed by atoms with Crippen molar-refractivity contribution in [2.45, 2.75) is 13.0 Å². The molecule has 0 amide bonds. The summed E-state index contributed by atoms with van der Waals surface area (Å²) >= 11 is 3.43. The zero-order chi connectivity index (χ0) is 12.1. The number of likely N-dealkylation sites (N-methyl/N-ethyl adjacent to an activating group) is 1. The number of nitrogens with one attached hydrogen (secondary N) is 2.